The van der Waals surface area contributed by atoms with E-state index in [4.69, 9.17) is 16.3 Å². The van der Waals surface area contributed by atoms with Crippen molar-refractivity contribution in [3.05, 3.63) is 28.8 Å². The van der Waals surface area contributed by atoms with Gasteiger partial charge in [-0.25, -0.2) is 0 Å². The van der Waals surface area contributed by atoms with Crippen LogP contribution in [0.2, 0.25) is 5.02 Å². The van der Waals surface area contributed by atoms with Crippen LogP contribution in [0.15, 0.2) is 18.2 Å². The minimum atomic E-state index is -4.59. The Bertz CT molecular complexity index is 580. The summed E-state index contributed by atoms with van der Waals surface area (Å²) in [5.74, 6) is -0.537. The Morgan fingerprint density at radius 1 is 1.43 bits per heavy atom. The van der Waals surface area contributed by atoms with Gasteiger partial charge in [0.1, 0.15) is 0 Å². The number of amides is 1. The number of nitrogens with one attached hydrogen (secondary N) is 1. The molecule has 128 valence electrons. The van der Waals surface area contributed by atoms with Gasteiger partial charge in [-0.15, -0.1) is 0 Å². The van der Waals surface area contributed by atoms with Gasteiger partial charge >= 0.3 is 6.18 Å². The summed E-state index contributed by atoms with van der Waals surface area (Å²) in [5.41, 5.74) is -1.36. The number of alkyl halides is 3. The molecule has 1 fully saturated rings. The molecule has 0 spiro atoms. The van der Waals surface area contributed by atoms with Crippen molar-refractivity contribution in [2.24, 2.45) is 0 Å². The highest BCUT2D eigenvalue weighted by atomic mass is 35.5. The number of benzene rings is 1. The third-order valence-corrected chi connectivity index (χ3v) is 3.98. The van der Waals surface area contributed by atoms with Crippen LogP contribution in [-0.2, 0) is 15.7 Å². The first kappa shape index (κ1) is 18.0. The largest absolute Gasteiger partial charge is 0.418 e. The van der Waals surface area contributed by atoms with E-state index < -0.39 is 23.3 Å². The highest BCUT2D eigenvalue weighted by Gasteiger charge is 2.35. The van der Waals surface area contributed by atoms with E-state index in [9.17, 15) is 18.0 Å². The molecule has 0 aromatic heterocycles. The minimum Gasteiger partial charge on any atom is -0.376 e. The third kappa shape index (κ3) is 4.59. The van der Waals surface area contributed by atoms with Gasteiger partial charge in [0.2, 0.25) is 5.91 Å². The van der Waals surface area contributed by atoms with E-state index in [1.54, 1.807) is 0 Å². The number of morpholine rings is 1. The van der Waals surface area contributed by atoms with Crippen molar-refractivity contribution in [3.8, 4) is 0 Å². The molecule has 0 radical (unpaired) electrons. The number of hydrogen-bond acceptors (Lipinski definition) is 3. The number of nitrogens with zero attached hydrogens (tertiary/aromatic N) is 1. The molecule has 2 atom stereocenters. The average Bonchev–Trinajstić information content (AvgIpc) is 2.44. The molecule has 1 amide bonds. The second kappa shape index (κ2) is 7.07. The Morgan fingerprint density at radius 3 is 2.78 bits per heavy atom. The second-order valence-electron chi connectivity index (χ2n) is 5.63. The van der Waals surface area contributed by atoms with Gasteiger partial charge in [-0.1, -0.05) is 17.7 Å². The van der Waals surface area contributed by atoms with Crippen molar-refractivity contribution in [1.82, 2.24) is 4.90 Å². The maximum absolute atomic E-state index is 13.0. The molecule has 1 aliphatic heterocycles. The Morgan fingerprint density at radius 2 is 2.13 bits per heavy atom. The van der Waals surface area contributed by atoms with E-state index in [0.717, 1.165) is 6.07 Å². The maximum atomic E-state index is 13.0. The summed E-state index contributed by atoms with van der Waals surface area (Å²) in [6.45, 7) is 4.79. The van der Waals surface area contributed by atoms with Crippen molar-refractivity contribution in [2.75, 3.05) is 25.0 Å². The molecule has 2 unspecified atom stereocenters. The molecular formula is C15H18ClF3N2O2. The van der Waals surface area contributed by atoms with Crippen molar-refractivity contribution in [3.63, 3.8) is 0 Å². The van der Waals surface area contributed by atoms with E-state index in [1.165, 1.54) is 12.1 Å². The maximum Gasteiger partial charge on any atom is 0.418 e. The summed E-state index contributed by atoms with van der Waals surface area (Å²) < 4.78 is 44.5. The van der Waals surface area contributed by atoms with Crippen LogP contribution < -0.4 is 5.32 Å². The molecular weight excluding hydrogens is 333 g/mol. The highest BCUT2D eigenvalue weighted by Crippen LogP contribution is 2.38. The van der Waals surface area contributed by atoms with Gasteiger partial charge in [0.15, 0.2) is 0 Å². The standard InChI is InChI=1S/C15H18ClF3N2O2/c1-9-8-23-10(2)6-21(9)7-13(22)20-14-11(15(17,18)19)4-3-5-12(14)16/h3-5,9-10H,6-8H2,1-2H3,(H,20,22). The lowest BCUT2D eigenvalue weighted by atomic mass is 10.1. The lowest BCUT2D eigenvalue weighted by Gasteiger charge is -2.36. The number of halogens is 4. The first-order chi connectivity index (χ1) is 10.7. The molecule has 4 nitrogen and oxygen atoms in total. The summed E-state index contributed by atoms with van der Waals surface area (Å²) in [7, 11) is 0. The van der Waals surface area contributed by atoms with Crippen molar-refractivity contribution < 1.29 is 22.7 Å². The summed E-state index contributed by atoms with van der Waals surface area (Å²) in [4.78, 5) is 14.0. The van der Waals surface area contributed by atoms with Crippen LogP contribution in [0, 0.1) is 0 Å². The van der Waals surface area contributed by atoms with Gasteiger partial charge in [-0.05, 0) is 26.0 Å². The van der Waals surface area contributed by atoms with Crippen LogP contribution in [0.3, 0.4) is 0 Å². The molecule has 1 heterocycles. The van der Waals surface area contributed by atoms with Gasteiger partial charge in [-0.3, -0.25) is 9.69 Å². The fraction of sp³-hybridized carbons (Fsp3) is 0.533. The molecule has 0 bridgehead atoms. The second-order valence-corrected chi connectivity index (χ2v) is 6.04. The average molecular weight is 351 g/mol. The minimum absolute atomic E-state index is 0.0165. The molecule has 8 heteroatoms. The summed E-state index contributed by atoms with van der Waals surface area (Å²) in [5, 5.41) is 2.15. The van der Waals surface area contributed by atoms with E-state index >= 15 is 0 Å². The van der Waals surface area contributed by atoms with E-state index in [0.29, 0.717) is 13.2 Å². The SMILES string of the molecule is CC1CN(CC(=O)Nc2c(Cl)cccc2C(F)(F)F)C(C)CO1. The number of carbonyl (C=O) groups excluding carboxylic acids is 1. The Balaban J connectivity index is 2.11. The molecule has 1 saturated heterocycles. The van der Waals surface area contributed by atoms with E-state index in [2.05, 4.69) is 5.32 Å². The van der Waals surface area contributed by atoms with Crippen LogP contribution in [0.25, 0.3) is 0 Å². The monoisotopic (exact) mass is 350 g/mol. The Hall–Kier alpha value is -1.31. The normalized spacial score (nSPS) is 22.9. The van der Waals surface area contributed by atoms with Gasteiger partial charge in [0.25, 0.3) is 0 Å². The molecule has 1 aromatic rings. The third-order valence-electron chi connectivity index (χ3n) is 3.67. The molecule has 2 rings (SSSR count). The van der Waals surface area contributed by atoms with Gasteiger partial charge in [0, 0.05) is 12.6 Å². The number of hydrogen-bond donors (Lipinski definition) is 1. The zero-order valence-corrected chi connectivity index (χ0v) is 13.5. The van der Waals surface area contributed by atoms with Crippen LogP contribution in [0.1, 0.15) is 19.4 Å². The molecule has 23 heavy (non-hydrogen) atoms. The van der Waals surface area contributed by atoms with Crippen molar-refractivity contribution >= 4 is 23.2 Å². The van der Waals surface area contributed by atoms with E-state index in [1.807, 2.05) is 18.7 Å². The summed E-state index contributed by atoms with van der Waals surface area (Å²) in [6, 6.07) is 3.42. The van der Waals surface area contributed by atoms with Gasteiger partial charge in [-0.2, -0.15) is 13.2 Å². The topological polar surface area (TPSA) is 41.6 Å². The fourth-order valence-electron chi connectivity index (χ4n) is 2.44. The first-order valence-electron chi connectivity index (χ1n) is 7.19. The number of anilines is 1. The number of ether oxygens (including phenoxy) is 1. The lowest BCUT2D eigenvalue weighted by Crippen LogP contribution is -2.50. The van der Waals surface area contributed by atoms with Gasteiger partial charge in [0.05, 0.1) is 35.5 Å². The van der Waals surface area contributed by atoms with Crippen LogP contribution >= 0.6 is 11.6 Å². The van der Waals surface area contributed by atoms with Crippen molar-refractivity contribution in [1.29, 1.82) is 0 Å². The Labute approximate surface area is 137 Å². The smallest absolute Gasteiger partial charge is 0.376 e. The predicted molar refractivity (Wildman–Crippen MR) is 81.5 cm³/mol. The zero-order chi connectivity index (χ0) is 17.2. The molecule has 1 aliphatic rings. The van der Waals surface area contributed by atoms with Crippen molar-refractivity contribution in [2.45, 2.75) is 32.2 Å². The molecule has 1 aromatic carbocycles. The van der Waals surface area contributed by atoms with Crippen LogP contribution in [-0.4, -0.2) is 42.6 Å². The predicted octanol–water partition coefficient (Wildman–Crippen LogP) is 3.41. The first-order valence-corrected chi connectivity index (χ1v) is 7.57. The molecule has 1 N–H and O–H groups in total. The van der Waals surface area contributed by atoms with Gasteiger partial charge < -0.3 is 10.1 Å². The number of rotatable bonds is 3. The fourth-order valence-corrected chi connectivity index (χ4v) is 2.66. The molecule has 0 saturated carbocycles. The number of para-hydroxylation sites is 1. The summed E-state index contributed by atoms with van der Waals surface area (Å²) >= 11 is 5.83. The zero-order valence-electron chi connectivity index (χ0n) is 12.8. The summed E-state index contributed by atoms with van der Waals surface area (Å²) in [6.07, 6.45) is -4.61. The number of carbonyl (C=O) groups is 1. The Kier molecular flexibility index (Phi) is 5.54. The van der Waals surface area contributed by atoms with E-state index in [-0.39, 0.29) is 23.7 Å². The highest BCUT2D eigenvalue weighted by molar-refractivity contribution is 6.34. The molecule has 0 aliphatic carbocycles. The van der Waals surface area contributed by atoms with Crippen LogP contribution in [0.4, 0.5) is 18.9 Å². The van der Waals surface area contributed by atoms with Crippen LogP contribution in [0.5, 0.6) is 0 Å². The quantitative estimate of drug-likeness (QED) is 0.908. The lowest BCUT2D eigenvalue weighted by molar-refractivity contribution is -0.137.